The number of benzene rings is 3. The predicted molar refractivity (Wildman–Crippen MR) is 161 cm³/mol. The Balaban J connectivity index is 1.52. The lowest BCUT2D eigenvalue weighted by atomic mass is 9.71. The molecule has 42 heavy (non-hydrogen) atoms. The second kappa shape index (κ2) is 12.4. The van der Waals surface area contributed by atoms with Crippen LogP contribution < -0.4 is 29.6 Å². The van der Waals surface area contributed by atoms with Gasteiger partial charge in [-0.15, -0.1) is 0 Å². The molecule has 3 aromatic carbocycles. The summed E-state index contributed by atoms with van der Waals surface area (Å²) in [4.78, 5) is 27.9. The third-order valence-electron chi connectivity index (χ3n) is 7.82. The van der Waals surface area contributed by atoms with Crippen molar-refractivity contribution in [2.24, 2.45) is 0 Å². The van der Waals surface area contributed by atoms with Gasteiger partial charge in [0.2, 0.25) is 0 Å². The number of dihydropyridines is 1. The lowest BCUT2D eigenvalue weighted by Gasteiger charge is -2.37. The first-order valence-electron chi connectivity index (χ1n) is 14.0. The van der Waals surface area contributed by atoms with Crippen LogP contribution in [0, 0.1) is 0 Å². The maximum absolute atomic E-state index is 14.0. The molecule has 0 radical (unpaired) electrons. The van der Waals surface area contributed by atoms with E-state index >= 15 is 0 Å². The number of anilines is 1. The van der Waals surface area contributed by atoms with Crippen molar-refractivity contribution < 1.29 is 28.5 Å². The molecule has 218 valence electrons. The van der Waals surface area contributed by atoms with Crippen LogP contribution in [0.5, 0.6) is 23.0 Å². The molecule has 2 unspecified atom stereocenters. The molecule has 2 aliphatic rings. The Morgan fingerprint density at radius 2 is 1.52 bits per heavy atom. The number of rotatable bonds is 9. The molecule has 0 spiro atoms. The van der Waals surface area contributed by atoms with Gasteiger partial charge in [0.1, 0.15) is 11.5 Å². The highest BCUT2D eigenvalue weighted by atomic mass is 16.5. The van der Waals surface area contributed by atoms with Crippen molar-refractivity contribution in [2.45, 2.75) is 38.5 Å². The SMILES string of the molecule is CCOc1ccc(C2C(C(=O)Nc3ccc(OC)cc3)=C(C)NC3=C2C(=O)CC(c2ccc(OC)c(OC)c2)C3)cc1. The van der Waals surface area contributed by atoms with Crippen LogP contribution in [0.1, 0.15) is 49.7 Å². The Kier molecular flexibility index (Phi) is 8.52. The summed E-state index contributed by atoms with van der Waals surface area (Å²) in [5.41, 5.74) is 5.16. The normalized spacial score (nSPS) is 18.2. The zero-order chi connectivity index (χ0) is 29.8. The van der Waals surface area contributed by atoms with Gasteiger partial charge >= 0.3 is 0 Å². The first-order valence-corrected chi connectivity index (χ1v) is 14.0. The van der Waals surface area contributed by atoms with Crippen molar-refractivity contribution in [1.82, 2.24) is 5.32 Å². The molecule has 0 aromatic heterocycles. The van der Waals surface area contributed by atoms with Crippen LogP contribution in [-0.2, 0) is 9.59 Å². The zero-order valence-corrected chi connectivity index (χ0v) is 24.6. The smallest absolute Gasteiger partial charge is 0.254 e. The van der Waals surface area contributed by atoms with E-state index in [1.165, 1.54) is 0 Å². The van der Waals surface area contributed by atoms with Crippen molar-refractivity contribution in [2.75, 3.05) is 33.3 Å². The van der Waals surface area contributed by atoms with E-state index in [9.17, 15) is 9.59 Å². The van der Waals surface area contributed by atoms with Gasteiger partial charge in [0.25, 0.3) is 5.91 Å². The second-order valence-corrected chi connectivity index (χ2v) is 10.3. The predicted octanol–water partition coefficient (Wildman–Crippen LogP) is 6.11. The topological polar surface area (TPSA) is 95.1 Å². The van der Waals surface area contributed by atoms with E-state index in [0.29, 0.717) is 59.2 Å². The number of carbonyl (C=O) groups excluding carboxylic acids is 2. The van der Waals surface area contributed by atoms with Crippen LogP contribution in [0.4, 0.5) is 5.69 Å². The summed E-state index contributed by atoms with van der Waals surface area (Å²) in [5.74, 6) is 1.84. The number of allylic oxidation sites excluding steroid dienone is 3. The molecule has 0 saturated heterocycles. The van der Waals surface area contributed by atoms with Gasteiger partial charge in [-0.1, -0.05) is 18.2 Å². The number of hydrogen-bond acceptors (Lipinski definition) is 7. The zero-order valence-electron chi connectivity index (χ0n) is 24.6. The number of nitrogens with one attached hydrogen (secondary N) is 2. The second-order valence-electron chi connectivity index (χ2n) is 10.3. The van der Waals surface area contributed by atoms with E-state index in [1.54, 1.807) is 45.6 Å². The molecular weight excluding hydrogens is 532 g/mol. The Bertz CT molecular complexity index is 1540. The Morgan fingerprint density at radius 3 is 2.17 bits per heavy atom. The largest absolute Gasteiger partial charge is 0.497 e. The summed E-state index contributed by atoms with van der Waals surface area (Å²) in [6.45, 7) is 4.37. The minimum absolute atomic E-state index is 0.00432. The van der Waals surface area contributed by atoms with Gasteiger partial charge < -0.3 is 29.6 Å². The molecule has 2 N–H and O–H groups in total. The van der Waals surface area contributed by atoms with Gasteiger partial charge in [0.15, 0.2) is 17.3 Å². The van der Waals surface area contributed by atoms with Gasteiger partial charge in [0, 0.05) is 40.6 Å². The molecule has 5 rings (SSSR count). The fraction of sp³-hybridized carbons (Fsp3) is 0.294. The molecule has 1 heterocycles. The lowest BCUT2D eigenvalue weighted by Crippen LogP contribution is -2.37. The van der Waals surface area contributed by atoms with Gasteiger partial charge in [0.05, 0.1) is 27.9 Å². The van der Waals surface area contributed by atoms with Crippen molar-refractivity contribution in [1.29, 1.82) is 0 Å². The van der Waals surface area contributed by atoms with Crippen molar-refractivity contribution >= 4 is 17.4 Å². The molecule has 3 aromatic rings. The Hall–Kier alpha value is -4.72. The van der Waals surface area contributed by atoms with Crippen molar-refractivity contribution in [3.63, 3.8) is 0 Å². The molecular formula is C34H36N2O6. The fourth-order valence-corrected chi connectivity index (χ4v) is 5.81. The number of ketones is 1. The molecule has 0 fully saturated rings. The van der Waals surface area contributed by atoms with Crippen molar-refractivity contribution in [3.8, 4) is 23.0 Å². The number of ether oxygens (including phenoxy) is 4. The van der Waals surface area contributed by atoms with Crippen LogP contribution in [0.2, 0.25) is 0 Å². The van der Waals surface area contributed by atoms with Gasteiger partial charge in [-0.2, -0.15) is 0 Å². The minimum Gasteiger partial charge on any atom is -0.497 e. The summed E-state index contributed by atoms with van der Waals surface area (Å²) in [6, 6.07) is 20.6. The summed E-state index contributed by atoms with van der Waals surface area (Å²) < 4.78 is 21.8. The van der Waals surface area contributed by atoms with E-state index in [1.807, 2.05) is 56.3 Å². The number of hydrogen-bond donors (Lipinski definition) is 2. The monoisotopic (exact) mass is 568 g/mol. The van der Waals surface area contributed by atoms with Crippen LogP contribution in [0.25, 0.3) is 0 Å². The molecule has 0 bridgehead atoms. The first kappa shape index (κ1) is 28.8. The van der Waals surface area contributed by atoms with E-state index < -0.39 is 5.92 Å². The molecule has 0 saturated carbocycles. The van der Waals surface area contributed by atoms with E-state index in [-0.39, 0.29) is 17.6 Å². The lowest BCUT2D eigenvalue weighted by molar-refractivity contribution is -0.116. The number of Topliss-reactive ketones (excluding diaryl/α,β-unsaturated/α-hetero) is 1. The third kappa shape index (κ3) is 5.70. The van der Waals surface area contributed by atoms with Crippen molar-refractivity contribution in [3.05, 3.63) is 100 Å². The van der Waals surface area contributed by atoms with Gasteiger partial charge in [-0.25, -0.2) is 0 Å². The van der Waals surface area contributed by atoms with Gasteiger partial charge in [-0.3, -0.25) is 9.59 Å². The van der Waals surface area contributed by atoms with Crippen LogP contribution in [0.15, 0.2) is 89.3 Å². The Morgan fingerprint density at radius 1 is 0.857 bits per heavy atom. The standard InChI is InChI=1S/C34H36N2O6/c1-6-42-26-12-7-21(8-13-26)32-31(34(38)36-24-10-14-25(39-3)15-11-24)20(2)35-27-17-23(18-28(37)33(27)32)22-9-16-29(40-4)30(19-22)41-5/h7-16,19,23,32,35H,6,17-18H2,1-5H3,(H,36,38). The van der Waals surface area contributed by atoms with Crippen LogP contribution in [-0.4, -0.2) is 39.6 Å². The molecule has 1 aliphatic heterocycles. The highest BCUT2D eigenvalue weighted by molar-refractivity contribution is 6.10. The maximum atomic E-state index is 14.0. The highest BCUT2D eigenvalue weighted by Crippen LogP contribution is 2.46. The van der Waals surface area contributed by atoms with E-state index in [2.05, 4.69) is 10.6 Å². The van der Waals surface area contributed by atoms with Crippen LogP contribution >= 0.6 is 0 Å². The average molecular weight is 569 g/mol. The molecule has 8 nitrogen and oxygen atoms in total. The molecule has 1 aliphatic carbocycles. The highest BCUT2D eigenvalue weighted by Gasteiger charge is 2.41. The Labute approximate surface area is 246 Å². The maximum Gasteiger partial charge on any atom is 0.254 e. The minimum atomic E-state index is -0.533. The van der Waals surface area contributed by atoms with Gasteiger partial charge in [-0.05, 0) is 85.8 Å². The number of methoxy groups -OCH3 is 3. The van der Waals surface area contributed by atoms with E-state index in [4.69, 9.17) is 18.9 Å². The molecule has 8 heteroatoms. The number of carbonyl (C=O) groups is 2. The number of amides is 1. The summed E-state index contributed by atoms with van der Waals surface area (Å²) in [6.07, 6.45) is 0.935. The fourth-order valence-electron chi connectivity index (χ4n) is 5.81. The average Bonchev–Trinajstić information content (AvgIpc) is 3.00. The van der Waals surface area contributed by atoms with Crippen LogP contribution in [0.3, 0.4) is 0 Å². The molecule has 2 atom stereocenters. The summed E-state index contributed by atoms with van der Waals surface area (Å²) in [5, 5.41) is 6.46. The van der Waals surface area contributed by atoms with E-state index in [0.717, 1.165) is 22.6 Å². The summed E-state index contributed by atoms with van der Waals surface area (Å²) >= 11 is 0. The first-order chi connectivity index (χ1) is 20.4. The summed E-state index contributed by atoms with van der Waals surface area (Å²) in [7, 11) is 4.80. The third-order valence-corrected chi connectivity index (χ3v) is 7.82. The molecule has 1 amide bonds. The quantitative estimate of drug-likeness (QED) is 0.322.